The fraction of sp³-hybridized carbons (Fsp3) is 0.222. The van der Waals surface area contributed by atoms with Gasteiger partial charge in [0.15, 0.2) is 0 Å². The van der Waals surface area contributed by atoms with Crippen LogP contribution in [-0.4, -0.2) is 15.0 Å². The standard InChI is InChI=1S/C9H10N4OS/c1-5-6(2)14-9(13-5)15-8-3-7(10)11-4-12-8/h3-4H,1-2H3,(H2,10,11,12). The zero-order valence-electron chi connectivity index (χ0n) is 8.39. The first-order valence-electron chi connectivity index (χ1n) is 4.34. The van der Waals surface area contributed by atoms with Crippen molar-refractivity contribution in [2.75, 3.05) is 5.73 Å². The number of aryl methyl sites for hydroxylation is 2. The molecular weight excluding hydrogens is 212 g/mol. The molecule has 0 aliphatic carbocycles. The Morgan fingerprint density at radius 1 is 1.33 bits per heavy atom. The van der Waals surface area contributed by atoms with Crippen molar-refractivity contribution in [2.45, 2.75) is 24.1 Å². The van der Waals surface area contributed by atoms with Gasteiger partial charge in [0.05, 0.1) is 5.69 Å². The molecule has 6 heteroatoms. The molecule has 2 N–H and O–H groups in total. The lowest BCUT2D eigenvalue weighted by atomic mass is 10.4. The van der Waals surface area contributed by atoms with E-state index in [1.165, 1.54) is 18.1 Å². The first kappa shape index (κ1) is 9.97. The van der Waals surface area contributed by atoms with Gasteiger partial charge in [0.2, 0.25) is 0 Å². The van der Waals surface area contributed by atoms with Gasteiger partial charge in [-0.25, -0.2) is 15.0 Å². The van der Waals surface area contributed by atoms with Gasteiger partial charge in [0.1, 0.15) is 22.9 Å². The fourth-order valence-electron chi connectivity index (χ4n) is 0.986. The summed E-state index contributed by atoms with van der Waals surface area (Å²) in [5.74, 6) is 1.26. The maximum Gasteiger partial charge on any atom is 0.262 e. The summed E-state index contributed by atoms with van der Waals surface area (Å²) in [6, 6.07) is 1.68. The summed E-state index contributed by atoms with van der Waals surface area (Å²) in [4.78, 5) is 12.1. The molecule has 0 amide bonds. The van der Waals surface area contributed by atoms with E-state index in [-0.39, 0.29) is 0 Å². The lowest BCUT2D eigenvalue weighted by molar-refractivity contribution is 0.431. The van der Waals surface area contributed by atoms with Crippen LogP contribution in [0.25, 0.3) is 0 Å². The van der Waals surface area contributed by atoms with Gasteiger partial charge in [0, 0.05) is 6.07 Å². The first-order chi connectivity index (χ1) is 7.15. The van der Waals surface area contributed by atoms with Crippen LogP contribution in [0.1, 0.15) is 11.5 Å². The highest BCUT2D eigenvalue weighted by molar-refractivity contribution is 7.99. The maximum absolute atomic E-state index is 5.53. The van der Waals surface area contributed by atoms with Crippen LogP contribution < -0.4 is 5.73 Å². The minimum Gasteiger partial charge on any atom is -0.436 e. The molecule has 0 aromatic carbocycles. The zero-order valence-corrected chi connectivity index (χ0v) is 9.21. The van der Waals surface area contributed by atoms with E-state index < -0.39 is 0 Å². The van der Waals surface area contributed by atoms with Crippen LogP contribution >= 0.6 is 11.8 Å². The van der Waals surface area contributed by atoms with E-state index >= 15 is 0 Å². The van der Waals surface area contributed by atoms with Gasteiger partial charge in [-0.2, -0.15) is 0 Å². The number of hydrogen-bond acceptors (Lipinski definition) is 6. The molecule has 0 fully saturated rings. The van der Waals surface area contributed by atoms with Gasteiger partial charge in [0.25, 0.3) is 5.22 Å². The number of nitrogen functional groups attached to an aromatic ring is 1. The number of anilines is 1. The molecule has 0 aliphatic rings. The lowest BCUT2D eigenvalue weighted by Gasteiger charge is -1.95. The van der Waals surface area contributed by atoms with Gasteiger partial charge in [-0.05, 0) is 25.6 Å². The molecule has 0 unspecified atom stereocenters. The molecular formula is C9H10N4OS. The van der Waals surface area contributed by atoms with Crippen LogP contribution in [0.4, 0.5) is 5.82 Å². The molecule has 2 aromatic rings. The molecule has 2 heterocycles. The Labute approximate surface area is 91.1 Å². The van der Waals surface area contributed by atoms with E-state index in [9.17, 15) is 0 Å². The van der Waals surface area contributed by atoms with Crippen LogP contribution in [-0.2, 0) is 0 Å². The number of nitrogens with zero attached hydrogens (tertiary/aromatic N) is 3. The molecule has 0 radical (unpaired) electrons. The number of oxazole rings is 1. The van der Waals surface area contributed by atoms with Crippen molar-refractivity contribution in [3.63, 3.8) is 0 Å². The molecule has 0 atom stereocenters. The smallest absolute Gasteiger partial charge is 0.262 e. The summed E-state index contributed by atoms with van der Waals surface area (Å²) in [6.45, 7) is 3.78. The fourth-order valence-corrected chi connectivity index (χ4v) is 1.79. The van der Waals surface area contributed by atoms with Crippen LogP contribution in [0.2, 0.25) is 0 Å². The molecule has 78 valence electrons. The van der Waals surface area contributed by atoms with E-state index in [2.05, 4.69) is 15.0 Å². The highest BCUT2D eigenvalue weighted by atomic mass is 32.2. The highest BCUT2D eigenvalue weighted by Gasteiger charge is 2.08. The van der Waals surface area contributed by atoms with E-state index in [0.717, 1.165) is 16.5 Å². The Morgan fingerprint density at radius 3 is 2.73 bits per heavy atom. The summed E-state index contributed by atoms with van der Waals surface area (Å²) >= 11 is 1.33. The number of hydrogen-bond donors (Lipinski definition) is 1. The Bertz CT molecular complexity index is 463. The second-order valence-corrected chi connectivity index (χ2v) is 3.98. The van der Waals surface area contributed by atoms with Crippen molar-refractivity contribution in [1.29, 1.82) is 0 Å². The van der Waals surface area contributed by atoms with E-state index in [0.29, 0.717) is 11.0 Å². The number of nitrogens with two attached hydrogens (primary N) is 1. The van der Waals surface area contributed by atoms with E-state index in [1.54, 1.807) is 6.07 Å². The monoisotopic (exact) mass is 222 g/mol. The maximum atomic E-state index is 5.53. The van der Waals surface area contributed by atoms with Crippen LogP contribution in [0, 0.1) is 13.8 Å². The topological polar surface area (TPSA) is 77.8 Å². The molecule has 15 heavy (non-hydrogen) atoms. The number of aromatic nitrogens is 3. The van der Waals surface area contributed by atoms with Crippen LogP contribution in [0.3, 0.4) is 0 Å². The average molecular weight is 222 g/mol. The van der Waals surface area contributed by atoms with Gasteiger partial charge < -0.3 is 10.2 Å². The minimum absolute atomic E-state index is 0.438. The molecule has 0 saturated heterocycles. The average Bonchev–Trinajstić information content (AvgIpc) is 2.45. The van der Waals surface area contributed by atoms with Crippen LogP contribution in [0.5, 0.6) is 0 Å². The molecule has 0 aliphatic heterocycles. The molecule has 0 spiro atoms. The van der Waals surface area contributed by atoms with E-state index in [4.69, 9.17) is 10.2 Å². The molecule has 0 saturated carbocycles. The molecule has 0 bridgehead atoms. The third-order valence-corrected chi connectivity index (χ3v) is 2.65. The predicted molar refractivity (Wildman–Crippen MR) is 56.5 cm³/mol. The van der Waals surface area contributed by atoms with Crippen molar-refractivity contribution in [3.05, 3.63) is 23.8 Å². The number of rotatable bonds is 2. The minimum atomic E-state index is 0.438. The van der Waals surface area contributed by atoms with E-state index in [1.807, 2.05) is 13.8 Å². The SMILES string of the molecule is Cc1nc(Sc2cc(N)ncn2)oc1C. The molecule has 5 nitrogen and oxygen atoms in total. The molecule has 2 rings (SSSR count). The Kier molecular flexibility index (Phi) is 2.59. The Hall–Kier alpha value is -1.56. The molecule has 2 aromatic heterocycles. The van der Waals surface area contributed by atoms with Crippen molar-refractivity contribution >= 4 is 17.6 Å². The highest BCUT2D eigenvalue weighted by Crippen LogP contribution is 2.26. The second-order valence-electron chi connectivity index (χ2n) is 3.00. The third kappa shape index (κ3) is 2.27. The lowest BCUT2D eigenvalue weighted by Crippen LogP contribution is -1.91. The van der Waals surface area contributed by atoms with Crippen molar-refractivity contribution in [1.82, 2.24) is 15.0 Å². The summed E-state index contributed by atoms with van der Waals surface area (Å²) in [5.41, 5.74) is 6.42. The zero-order chi connectivity index (χ0) is 10.8. The third-order valence-electron chi connectivity index (χ3n) is 1.86. The Morgan fingerprint density at radius 2 is 2.13 bits per heavy atom. The van der Waals surface area contributed by atoms with Gasteiger partial charge >= 0.3 is 0 Å². The predicted octanol–water partition coefficient (Wildman–Crippen LogP) is 1.81. The normalized spacial score (nSPS) is 10.5. The quantitative estimate of drug-likeness (QED) is 0.781. The summed E-state index contributed by atoms with van der Waals surface area (Å²) in [6.07, 6.45) is 1.42. The van der Waals surface area contributed by atoms with Crippen molar-refractivity contribution in [3.8, 4) is 0 Å². The largest absolute Gasteiger partial charge is 0.436 e. The summed E-state index contributed by atoms with van der Waals surface area (Å²) in [5, 5.41) is 1.30. The van der Waals surface area contributed by atoms with Crippen molar-refractivity contribution < 1.29 is 4.42 Å². The van der Waals surface area contributed by atoms with Gasteiger partial charge in [-0.1, -0.05) is 0 Å². The summed E-state index contributed by atoms with van der Waals surface area (Å²) < 4.78 is 5.41. The van der Waals surface area contributed by atoms with Crippen LogP contribution in [0.15, 0.2) is 27.1 Å². The first-order valence-corrected chi connectivity index (χ1v) is 5.16. The van der Waals surface area contributed by atoms with Gasteiger partial charge in [-0.3, -0.25) is 0 Å². The Balaban J connectivity index is 2.22. The van der Waals surface area contributed by atoms with Gasteiger partial charge in [-0.15, -0.1) is 0 Å². The summed E-state index contributed by atoms with van der Waals surface area (Å²) in [7, 11) is 0. The second kappa shape index (κ2) is 3.90. The van der Waals surface area contributed by atoms with Crippen molar-refractivity contribution in [2.24, 2.45) is 0 Å².